The Hall–Kier alpha value is -1.62. The van der Waals surface area contributed by atoms with Gasteiger partial charge in [0.05, 0.1) is 11.2 Å². The maximum Gasteiger partial charge on any atom is 0.100 e. The van der Waals surface area contributed by atoms with Crippen molar-refractivity contribution < 1.29 is 0 Å². The third-order valence-corrected chi connectivity index (χ3v) is 3.11. The number of aryl methyl sites for hydroxylation is 2. The summed E-state index contributed by atoms with van der Waals surface area (Å²) in [6.07, 6.45) is 4.15. The molecule has 0 aliphatic rings. The molecule has 0 amide bonds. The monoisotopic (exact) mass is 261 g/mol. The Morgan fingerprint density at radius 3 is 2.42 bits per heavy atom. The predicted octanol–water partition coefficient (Wildman–Crippen LogP) is 2.07. The van der Waals surface area contributed by atoms with Gasteiger partial charge in [-0.2, -0.15) is 10.2 Å². The van der Waals surface area contributed by atoms with E-state index in [-0.39, 0.29) is 5.54 Å². The van der Waals surface area contributed by atoms with E-state index in [1.54, 1.807) is 0 Å². The van der Waals surface area contributed by atoms with Crippen LogP contribution in [0.3, 0.4) is 0 Å². The van der Waals surface area contributed by atoms with Crippen molar-refractivity contribution in [1.29, 1.82) is 0 Å². The molecule has 0 saturated carbocycles. The topological polar surface area (TPSA) is 47.7 Å². The van der Waals surface area contributed by atoms with E-state index in [4.69, 9.17) is 0 Å². The second-order valence-electron chi connectivity index (χ2n) is 5.95. The van der Waals surface area contributed by atoms with Crippen LogP contribution < -0.4 is 5.32 Å². The van der Waals surface area contributed by atoms with Gasteiger partial charge < -0.3 is 5.32 Å². The standard InChI is InChI=1S/C14H23N5/c1-10-12(9-19(16-10)14(2,3)4)13-11(7-15-5)8-18(6)17-13/h8-9,15H,7H2,1-6H3. The summed E-state index contributed by atoms with van der Waals surface area (Å²) in [5.41, 5.74) is 4.33. The van der Waals surface area contributed by atoms with Crippen molar-refractivity contribution in [3.63, 3.8) is 0 Å². The molecule has 0 unspecified atom stereocenters. The van der Waals surface area contributed by atoms with E-state index in [1.165, 1.54) is 5.56 Å². The number of hydrogen-bond acceptors (Lipinski definition) is 3. The summed E-state index contributed by atoms with van der Waals surface area (Å²) in [6.45, 7) is 9.29. The molecule has 0 aliphatic carbocycles. The predicted molar refractivity (Wildman–Crippen MR) is 76.9 cm³/mol. The fourth-order valence-electron chi connectivity index (χ4n) is 2.12. The highest BCUT2D eigenvalue weighted by molar-refractivity contribution is 5.64. The minimum atomic E-state index is -0.0129. The van der Waals surface area contributed by atoms with E-state index in [2.05, 4.69) is 48.7 Å². The molecule has 2 heterocycles. The molecule has 0 aromatic carbocycles. The highest BCUT2D eigenvalue weighted by atomic mass is 15.3. The Balaban J connectivity index is 2.50. The molecule has 19 heavy (non-hydrogen) atoms. The number of nitrogens with one attached hydrogen (secondary N) is 1. The average molecular weight is 261 g/mol. The quantitative estimate of drug-likeness (QED) is 0.920. The maximum absolute atomic E-state index is 4.62. The van der Waals surface area contributed by atoms with Crippen LogP contribution in [0.5, 0.6) is 0 Å². The van der Waals surface area contributed by atoms with Crippen LogP contribution in [0.4, 0.5) is 0 Å². The van der Waals surface area contributed by atoms with Gasteiger partial charge in [0.25, 0.3) is 0 Å². The lowest BCUT2D eigenvalue weighted by atomic mass is 10.1. The molecule has 0 atom stereocenters. The first-order valence-corrected chi connectivity index (χ1v) is 6.57. The molecule has 0 fully saturated rings. The van der Waals surface area contributed by atoms with Gasteiger partial charge in [0.1, 0.15) is 5.69 Å². The second-order valence-corrected chi connectivity index (χ2v) is 5.95. The Bertz CT molecular complexity index is 571. The van der Waals surface area contributed by atoms with Gasteiger partial charge in [0.15, 0.2) is 0 Å². The SMILES string of the molecule is CNCc1cn(C)nc1-c1cn(C(C)(C)C)nc1C. The first kappa shape index (κ1) is 13.8. The molecule has 5 nitrogen and oxygen atoms in total. The largest absolute Gasteiger partial charge is 0.316 e. The van der Waals surface area contributed by atoms with Crippen molar-refractivity contribution in [2.24, 2.45) is 7.05 Å². The van der Waals surface area contributed by atoms with Crippen LogP contribution in [0, 0.1) is 6.92 Å². The molecular weight excluding hydrogens is 238 g/mol. The van der Waals surface area contributed by atoms with Gasteiger partial charge in [-0.3, -0.25) is 9.36 Å². The Morgan fingerprint density at radius 1 is 1.21 bits per heavy atom. The van der Waals surface area contributed by atoms with Gasteiger partial charge in [-0.15, -0.1) is 0 Å². The van der Waals surface area contributed by atoms with E-state index in [9.17, 15) is 0 Å². The van der Waals surface area contributed by atoms with Crippen molar-refractivity contribution in [2.75, 3.05) is 7.05 Å². The molecule has 0 saturated heterocycles. The number of hydrogen-bond donors (Lipinski definition) is 1. The third-order valence-electron chi connectivity index (χ3n) is 3.11. The van der Waals surface area contributed by atoms with Crippen LogP contribution >= 0.6 is 0 Å². The molecule has 0 spiro atoms. The van der Waals surface area contributed by atoms with Crippen LogP contribution in [0.15, 0.2) is 12.4 Å². The molecule has 0 radical (unpaired) electrons. The Labute approximate surface area is 114 Å². The molecule has 104 valence electrons. The van der Waals surface area contributed by atoms with Gasteiger partial charge in [-0.25, -0.2) is 0 Å². The second kappa shape index (κ2) is 4.81. The van der Waals surface area contributed by atoms with Gasteiger partial charge in [0.2, 0.25) is 0 Å². The van der Waals surface area contributed by atoms with E-state index in [0.29, 0.717) is 0 Å². The summed E-state index contributed by atoms with van der Waals surface area (Å²) in [4.78, 5) is 0. The van der Waals surface area contributed by atoms with E-state index < -0.39 is 0 Å². The van der Waals surface area contributed by atoms with Gasteiger partial charge >= 0.3 is 0 Å². The summed E-state index contributed by atoms with van der Waals surface area (Å²) in [6, 6.07) is 0. The molecule has 2 aromatic rings. The highest BCUT2D eigenvalue weighted by Gasteiger charge is 2.20. The smallest absolute Gasteiger partial charge is 0.100 e. The zero-order valence-corrected chi connectivity index (χ0v) is 12.7. The Morgan fingerprint density at radius 2 is 1.89 bits per heavy atom. The zero-order valence-electron chi connectivity index (χ0n) is 12.7. The van der Waals surface area contributed by atoms with Crippen molar-refractivity contribution >= 4 is 0 Å². The van der Waals surface area contributed by atoms with Gasteiger partial charge in [-0.1, -0.05) is 0 Å². The van der Waals surface area contributed by atoms with E-state index in [1.807, 2.05) is 30.4 Å². The summed E-state index contributed by atoms with van der Waals surface area (Å²) in [5.74, 6) is 0. The lowest BCUT2D eigenvalue weighted by molar-refractivity contribution is 0.354. The highest BCUT2D eigenvalue weighted by Crippen LogP contribution is 2.27. The normalized spacial score (nSPS) is 12.1. The van der Waals surface area contributed by atoms with E-state index >= 15 is 0 Å². The molecule has 0 bridgehead atoms. The Kier molecular flexibility index (Phi) is 3.49. The average Bonchev–Trinajstić information content (AvgIpc) is 2.82. The molecule has 2 rings (SSSR count). The van der Waals surface area contributed by atoms with Crippen LogP contribution in [-0.4, -0.2) is 26.6 Å². The first-order chi connectivity index (χ1) is 8.82. The van der Waals surface area contributed by atoms with Gasteiger partial charge in [-0.05, 0) is 34.7 Å². The maximum atomic E-state index is 4.62. The van der Waals surface area contributed by atoms with Crippen LogP contribution in [0.2, 0.25) is 0 Å². The number of aromatic nitrogens is 4. The number of rotatable bonds is 3. The molecule has 2 aromatic heterocycles. The minimum absolute atomic E-state index is 0.0129. The third kappa shape index (κ3) is 2.71. The van der Waals surface area contributed by atoms with Crippen molar-refractivity contribution in [2.45, 2.75) is 39.8 Å². The molecular formula is C14H23N5. The minimum Gasteiger partial charge on any atom is -0.316 e. The molecule has 5 heteroatoms. The first-order valence-electron chi connectivity index (χ1n) is 6.57. The fraction of sp³-hybridized carbons (Fsp3) is 0.571. The van der Waals surface area contributed by atoms with Crippen molar-refractivity contribution in [3.8, 4) is 11.3 Å². The summed E-state index contributed by atoms with van der Waals surface area (Å²) in [5, 5.41) is 12.4. The van der Waals surface area contributed by atoms with Crippen LogP contribution in [0.25, 0.3) is 11.3 Å². The number of nitrogens with zero attached hydrogens (tertiary/aromatic N) is 4. The summed E-state index contributed by atoms with van der Waals surface area (Å²) >= 11 is 0. The van der Waals surface area contributed by atoms with Crippen molar-refractivity contribution in [3.05, 3.63) is 23.7 Å². The van der Waals surface area contributed by atoms with Gasteiger partial charge in [0, 0.05) is 37.1 Å². The van der Waals surface area contributed by atoms with E-state index in [0.717, 1.165) is 23.5 Å². The fourth-order valence-corrected chi connectivity index (χ4v) is 2.12. The van der Waals surface area contributed by atoms with Crippen LogP contribution in [0.1, 0.15) is 32.0 Å². The molecule has 1 N–H and O–H groups in total. The molecule has 0 aliphatic heterocycles. The zero-order chi connectivity index (χ0) is 14.2. The van der Waals surface area contributed by atoms with Crippen LogP contribution in [-0.2, 0) is 19.1 Å². The summed E-state index contributed by atoms with van der Waals surface area (Å²) in [7, 11) is 3.90. The lowest BCUT2D eigenvalue weighted by Gasteiger charge is -2.18. The van der Waals surface area contributed by atoms with Crippen molar-refractivity contribution in [1.82, 2.24) is 24.9 Å². The summed E-state index contributed by atoms with van der Waals surface area (Å²) < 4.78 is 3.87. The lowest BCUT2D eigenvalue weighted by Crippen LogP contribution is -2.22.